The van der Waals surface area contributed by atoms with Gasteiger partial charge in [-0.05, 0) is 48.2 Å². The number of fused-ring (bicyclic) bond motifs is 1. The molecule has 1 aliphatic rings. The molecular weight excluding hydrogens is 501 g/mol. The molecule has 0 aliphatic carbocycles. The summed E-state index contributed by atoms with van der Waals surface area (Å²) < 4.78 is 41.4. The first-order valence-corrected chi connectivity index (χ1v) is 12.2. The van der Waals surface area contributed by atoms with Crippen molar-refractivity contribution in [2.45, 2.75) is 26.4 Å². The zero-order valence-electron chi connectivity index (χ0n) is 20.0. The summed E-state index contributed by atoms with van der Waals surface area (Å²) in [5, 5.41) is 14.2. The lowest BCUT2D eigenvalue weighted by Crippen LogP contribution is -2.15. The van der Waals surface area contributed by atoms with Crippen LogP contribution >= 0.6 is 11.3 Å². The fourth-order valence-electron chi connectivity index (χ4n) is 4.04. The van der Waals surface area contributed by atoms with E-state index in [0.29, 0.717) is 28.2 Å². The molecule has 190 valence electrons. The summed E-state index contributed by atoms with van der Waals surface area (Å²) >= 11 is 1.44. The number of thiazole rings is 1. The van der Waals surface area contributed by atoms with Crippen LogP contribution < -0.4 is 5.32 Å². The Labute approximate surface area is 215 Å². The summed E-state index contributed by atoms with van der Waals surface area (Å²) in [4.78, 5) is 23.0. The molecule has 5 rings (SSSR count). The monoisotopic (exact) mass is 524 g/mol. The van der Waals surface area contributed by atoms with Crippen molar-refractivity contribution < 1.29 is 23.1 Å². The molecule has 0 atom stereocenters. The van der Waals surface area contributed by atoms with Crippen molar-refractivity contribution >= 4 is 34.5 Å². The van der Waals surface area contributed by atoms with Crippen LogP contribution in [0.4, 0.5) is 13.2 Å². The van der Waals surface area contributed by atoms with E-state index in [9.17, 15) is 18.0 Å². The van der Waals surface area contributed by atoms with E-state index >= 15 is 0 Å². The molecule has 10 heteroatoms. The number of aliphatic imine (C=N–C) groups is 1. The summed E-state index contributed by atoms with van der Waals surface area (Å²) in [5.74, 6) is -0.917. The van der Waals surface area contributed by atoms with E-state index in [1.165, 1.54) is 29.9 Å². The van der Waals surface area contributed by atoms with E-state index in [1.54, 1.807) is 18.3 Å². The maximum Gasteiger partial charge on any atom is 0.417 e. The number of aryl methyl sites for hydroxylation is 1. The smallest absolute Gasteiger partial charge is 0.417 e. The van der Waals surface area contributed by atoms with Crippen LogP contribution in [0.25, 0.3) is 32.7 Å². The highest BCUT2D eigenvalue weighted by Gasteiger charge is 2.34. The maximum absolute atomic E-state index is 13.8. The third-order valence-corrected chi connectivity index (χ3v) is 6.47. The first-order valence-electron chi connectivity index (χ1n) is 11.4. The highest BCUT2D eigenvalue weighted by atomic mass is 32.1. The largest absolute Gasteiger partial charge is 0.478 e. The number of aliphatic carboxylic acids is 1. The second kappa shape index (κ2) is 10.9. The van der Waals surface area contributed by atoms with Crippen LogP contribution in [0.15, 0.2) is 70.8 Å². The number of halogens is 3. The van der Waals surface area contributed by atoms with Crippen LogP contribution in [0.5, 0.6) is 0 Å². The van der Waals surface area contributed by atoms with E-state index in [2.05, 4.69) is 15.3 Å². The van der Waals surface area contributed by atoms with Gasteiger partial charge < -0.3 is 10.4 Å². The van der Waals surface area contributed by atoms with Gasteiger partial charge in [-0.15, -0.1) is 11.3 Å². The number of carboxylic acids is 1. The van der Waals surface area contributed by atoms with Gasteiger partial charge in [-0.2, -0.15) is 13.2 Å². The van der Waals surface area contributed by atoms with Crippen LogP contribution in [-0.2, 0) is 17.4 Å². The van der Waals surface area contributed by atoms with Crippen LogP contribution in [0.1, 0.15) is 23.6 Å². The van der Waals surface area contributed by atoms with Gasteiger partial charge >= 0.3 is 12.1 Å². The highest BCUT2D eigenvalue weighted by molar-refractivity contribution is 7.13. The molecule has 0 saturated carbocycles. The first-order chi connectivity index (χ1) is 17.7. The number of pyridine rings is 1. The number of carboxylic acid groups (broad SMARTS) is 1. The Bertz CT molecular complexity index is 1500. The van der Waals surface area contributed by atoms with E-state index in [1.807, 2.05) is 37.4 Å². The number of carbonyl (C=O) groups is 1. The molecular formula is C27H23F3N4O2S. The summed E-state index contributed by atoms with van der Waals surface area (Å²) in [6.07, 6.45) is 0.682. The Morgan fingerprint density at radius 3 is 2.57 bits per heavy atom. The van der Waals surface area contributed by atoms with Gasteiger partial charge in [0, 0.05) is 23.2 Å². The van der Waals surface area contributed by atoms with Gasteiger partial charge in [0.05, 0.1) is 29.5 Å². The maximum atomic E-state index is 13.8. The number of alkyl halides is 3. The Hall–Kier alpha value is -4.05. The van der Waals surface area contributed by atoms with Crippen molar-refractivity contribution in [3.05, 3.63) is 82.5 Å². The highest BCUT2D eigenvalue weighted by Crippen LogP contribution is 2.43. The van der Waals surface area contributed by atoms with Gasteiger partial charge in [0.15, 0.2) is 0 Å². The zero-order valence-corrected chi connectivity index (χ0v) is 20.8. The van der Waals surface area contributed by atoms with Crippen molar-refractivity contribution in [3.8, 4) is 21.8 Å². The number of rotatable bonds is 4. The van der Waals surface area contributed by atoms with Crippen molar-refractivity contribution in [3.63, 3.8) is 0 Å². The van der Waals surface area contributed by atoms with E-state index < -0.39 is 17.7 Å². The molecule has 0 bridgehead atoms. The van der Waals surface area contributed by atoms with Crippen LogP contribution in [0.2, 0.25) is 0 Å². The molecule has 1 aliphatic heterocycles. The van der Waals surface area contributed by atoms with Crippen LogP contribution in [0.3, 0.4) is 0 Å². The normalized spacial score (nSPS) is 12.9. The fourth-order valence-corrected chi connectivity index (χ4v) is 4.70. The second-order valence-corrected chi connectivity index (χ2v) is 9.07. The van der Waals surface area contributed by atoms with Crippen LogP contribution in [-0.4, -0.2) is 33.9 Å². The first kappa shape index (κ1) is 26.0. The minimum atomic E-state index is -4.44. The van der Waals surface area contributed by atoms with Crippen LogP contribution in [0, 0.1) is 6.92 Å². The van der Waals surface area contributed by atoms with E-state index in [4.69, 9.17) is 10.1 Å². The third-order valence-electron chi connectivity index (χ3n) is 5.69. The van der Waals surface area contributed by atoms with Crippen molar-refractivity contribution in [1.82, 2.24) is 15.3 Å². The van der Waals surface area contributed by atoms with E-state index in [0.717, 1.165) is 22.6 Å². The van der Waals surface area contributed by atoms with Crippen molar-refractivity contribution in [2.75, 3.05) is 6.54 Å². The fraction of sp³-hybridized carbons (Fsp3) is 0.185. The molecule has 6 nitrogen and oxygen atoms in total. The summed E-state index contributed by atoms with van der Waals surface area (Å²) in [5.41, 5.74) is 3.51. The summed E-state index contributed by atoms with van der Waals surface area (Å²) in [7, 11) is 0. The predicted molar refractivity (Wildman–Crippen MR) is 140 cm³/mol. The molecule has 0 fully saturated rings. The lowest BCUT2D eigenvalue weighted by atomic mass is 9.89. The van der Waals surface area contributed by atoms with Gasteiger partial charge in [-0.1, -0.05) is 36.8 Å². The number of benzene rings is 2. The molecule has 37 heavy (non-hydrogen) atoms. The number of hydrogen-bond donors (Lipinski definition) is 2. The van der Waals surface area contributed by atoms with Crippen molar-refractivity contribution in [1.29, 1.82) is 0 Å². The average molecular weight is 525 g/mol. The SMILES string of the molecule is CCc1c(-c2nccs2)nc2ccc(C)cc2c1-c1ccccc1C(F)(F)F.O=C(O)C1=CNC=NC1. The number of nitrogens with one attached hydrogen (secondary N) is 1. The van der Waals surface area contributed by atoms with Gasteiger partial charge in [0.25, 0.3) is 0 Å². The molecule has 0 unspecified atom stereocenters. The molecule has 4 aromatic rings. The Balaban J connectivity index is 0.000000301. The minimum absolute atomic E-state index is 0.183. The minimum Gasteiger partial charge on any atom is -0.478 e. The Morgan fingerprint density at radius 1 is 1.19 bits per heavy atom. The Morgan fingerprint density at radius 2 is 1.97 bits per heavy atom. The Kier molecular flexibility index (Phi) is 7.68. The van der Waals surface area contributed by atoms with Crippen molar-refractivity contribution in [2.24, 2.45) is 4.99 Å². The third kappa shape index (κ3) is 5.69. The summed E-state index contributed by atoms with van der Waals surface area (Å²) in [6, 6.07) is 11.5. The molecule has 0 radical (unpaired) electrons. The molecule has 0 spiro atoms. The average Bonchev–Trinajstić information content (AvgIpc) is 3.43. The lowest BCUT2D eigenvalue weighted by Gasteiger charge is -2.19. The standard InChI is InChI=1S/C22H17F3N2S.C5H6N2O2/c1-3-14-19(15-6-4-5-7-17(15)22(23,24)25)16-12-13(2)8-9-18(16)27-20(14)21-26-10-11-28-21;8-5(9)4-1-6-3-7-2-4/h4-12H,3H2,1-2H3;1,3H,2H2,(H,6,7)(H,8,9). The molecule has 3 heterocycles. The zero-order chi connectivity index (χ0) is 26.6. The molecule has 2 aromatic carbocycles. The predicted octanol–water partition coefficient (Wildman–Crippen LogP) is 6.50. The molecule has 2 N–H and O–H groups in total. The van der Waals surface area contributed by atoms with Gasteiger partial charge in [0.1, 0.15) is 10.7 Å². The molecule has 0 saturated heterocycles. The van der Waals surface area contributed by atoms with Gasteiger partial charge in [0.2, 0.25) is 0 Å². The number of aromatic nitrogens is 2. The molecule has 2 aromatic heterocycles. The number of hydrogen-bond acceptors (Lipinski definition) is 6. The molecule has 0 amide bonds. The lowest BCUT2D eigenvalue weighted by molar-refractivity contribution is -0.137. The quantitative estimate of drug-likeness (QED) is 0.318. The van der Waals surface area contributed by atoms with E-state index in [-0.39, 0.29) is 17.7 Å². The second-order valence-electron chi connectivity index (χ2n) is 8.18. The van der Waals surface area contributed by atoms with Gasteiger partial charge in [-0.3, -0.25) is 4.99 Å². The topological polar surface area (TPSA) is 87.5 Å². The van der Waals surface area contributed by atoms with Gasteiger partial charge in [-0.25, -0.2) is 14.8 Å². The number of nitrogens with zero attached hydrogens (tertiary/aromatic N) is 3. The summed E-state index contributed by atoms with van der Waals surface area (Å²) in [6.45, 7) is 4.14.